The molecule has 1 N–H and O–H groups in total. The van der Waals surface area contributed by atoms with Crippen molar-refractivity contribution in [2.24, 2.45) is 0 Å². The van der Waals surface area contributed by atoms with Gasteiger partial charge in [-0.05, 0) is 50.4 Å². The average Bonchev–Trinajstić information content (AvgIpc) is 2.81. The molecule has 18 heavy (non-hydrogen) atoms. The highest BCUT2D eigenvalue weighted by Crippen LogP contribution is 2.30. The van der Waals surface area contributed by atoms with Gasteiger partial charge in [-0.3, -0.25) is 0 Å². The molecule has 2 saturated heterocycles. The van der Waals surface area contributed by atoms with Gasteiger partial charge in [0.05, 0.1) is 10.7 Å². The van der Waals surface area contributed by atoms with Crippen molar-refractivity contribution < 1.29 is 4.39 Å². The summed E-state index contributed by atoms with van der Waals surface area (Å²) in [5.74, 6) is -0.236. The number of piperidine rings is 1. The molecule has 2 nitrogen and oxygen atoms in total. The molecule has 0 amide bonds. The van der Waals surface area contributed by atoms with Gasteiger partial charge in [-0.2, -0.15) is 0 Å². The molecule has 0 spiro atoms. The third kappa shape index (κ3) is 2.47. The number of hydrogen-bond acceptors (Lipinski definition) is 2. The fraction of sp³-hybridized carbons (Fsp3) is 0.571. The Hall–Kier alpha value is -0.800. The molecule has 0 aromatic heterocycles. The first kappa shape index (κ1) is 12.2. The molecule has 1 aromatic carbocycles. The minimum Gasteiger partial charge on any atom is -0.381 e. The lowest BCUT2D eigenvalue weighted by atomic mass is 9.97. The highest BCUT2D eigenvalue weighted by molar-refractivity contribution is 6.33. The predicted molar refractivity (Wildman–Crippen MR) is 72.6 cm³/mol. The second-order valence-electron chi connectivity index (χ2n) is 5.32. The quantitative estimate of drug-likeness (QED) is 0.883. The SMILES string of the molecule is Fc1ccc(Cl)c(NC2CCN3CCCC3C2)c1. The Kier molecular flexibility index (Phi) is 3.44. The zero-order valence-corrected chi connectivity index (χ0v) is 11.1. The van der Waals surface area contributed by atoms with Gasteiger partial charge in [0.1, 0.15) is 5.82 Å². The van der Waals surface area contributed by atoms with E-state index in [4.69, 9.17) is 11.6 Å². The van der Waals surface area contributed by atoms with Crippen LogP contribution in [0.25, 0.3) is 0 Å². The molecule has 3 rings (SSSR count). The number of fused-ring (bicyclic) bond motifs is 1. The summed E-state index contributed by atoms with van der Waals surface area (Å²) in [5.41, 5.74) is 0.730. The molecule has 98 valence electrons. The zero-order chi connectivity index (χ0) is 12.5. The molecule has 2 aliphatic rings. The maximum absolute atomic E-state index is 13.2. The van der Waals surface area contributed by atoms with Gasteiger partial charge >= 0.3 is 0 Å². The summed E-state index contributed by atoms with van der Waals surface area (Å²) in [6.45, 7) is 2.40. The van der Waals surface area contributed by atoms with Crippen molar-refractivity contribution in [2.45, 2.75) is 37.8 Å². The Morgan fingerprint density at radius 3 is 3.06 bits per heavy atom. The minimum atomic E-state index is -0.236. The van der Waals surface area contributed by atoms with E-state index in [-0.39, 0.29) is 5.82 Å². The number of benzene rings is 1. The summed E-state index contributed by atoms with van der Waals surface area (Å²) in [6.07, 6.45) is 4.88. The lowest BCUT2D eigenvalue weighted by Gasteiger charge is -2.35. The van der Waals surface area contributed by atoms with E-state index < -0.39 is 0 Å². The van der Waals surface area contributed by atoms with Crippen molar-refractivity contribution >= 4 is 17.3 Å². The summed E-state index contributed by atoms with van der Waals surface area (Å²) in [4.78, 5) is 2.57. The molecule has 2 unspecified atom stereocenters. The second-order valence-corrected chi connectivity index (χ2v) is 5.73. The summed E-state index contributed by atoms with van der Waals surface area (Å²) >= 11 is 6.09. The van der Waals surface area contributed by atoms with Gasteiger partial charge < -0.3 is 10.2 Å². The summed E-state index contributed by atoms with van der Waals surface area (Å²) in [7, 11) is 0. The van der Waals surface area contributed by atoms with Crippen LogP contribution in [0.2, 0.25) is 5.02 Å². The highest BCUT2D eigenvalue weighted by atomic mass is 35.5. The van der Waals surface area contributed by atoms with E-state index in [2.05, 4.69) is 10.2 Å². The summed E-state index contributed by atoms with van der Waals surface area (Å²) in [6, 6.07) is 5.63. The topological polar surface area (TPSA) is 15.3 Å². The van der Waals surface area contributed by atoms with Crippen LogP contribution in [0.4, 0.5) is 10.1 Å². The van der Waals surface area contributed by atoms with Crippen LogP contribution in [0.5, 0.6) is 0 Å². The van der Waals surface area contributed by atoms with E-state index in [1.54, 1.807) is 6.07 Å². The lowest BCUT2D eigenvalue weighted by molar-refractivity contribution is 0.188. The molecular formula is C14H18ClFN2. The number of nitrogens with one attached hydrogen (secondary N) is 1. The van der Waals surface area contributed by atoms with Gasteiger partial charge in [-0.15, -0.1) is 0 Å². The molecule has 0 radical (unpaired) electrons. The van der Waals surface area contributed by atoms with Crippen molar-refractivity contribution in [1.29, 1.82) is 0 Å². The van der Waals surface area contributed by atoms with E-state index in [1.165, 1.54) is 31.5 Å². The zero-order valence-electron chi connectivity index (χ0n) is 10.3. The van der Waals surface area contributed by atoms with Crippen LogP contribution in [0.1, 0.15) is 25.7 Å². The van der Waals surface area contributed by atoms with Gasteiger partial charge in [0, 0.05) is 18.6 Å². The largest absolute Gasteiger partial charge is 0.381 e. The fourth-order valence-corrected chi connectivity index (χ4v) is 3.36. The number of nitrogens with zero attached hydrogens (tertiary/aromatic N) is 1. The van der Waals surface area contributed by atoms with Crippen molar-refractivity contribution in [1.82, 2.24) is 4.90 Å². The van der Waals surface area contributed by atoms with E-state index >= 15 is 0 Å². The van der Waals surface area contributed by atoms with Gasteiger partial charge in [0.15, 0.2) is 0 Å². The van der Waals surface area contributed by atoms with E-state index in [1.807, 2.05) is 0 Å². The van der Waals surface area contributed by atoms with Crippen LogP contribution in [0.3, 0.4) is 0 Å². The predicted octanol–water partition coefficient (Wildman–Crippen LogP) is 3.52. The molecule has 0 aliphatic carbocycles. The van der Waals surface area contributed by atoms with E-state index in [9.17, 15) is 4.39 Å². The molecule has 0 saturated carbocycles. The first-order valence-corrected chi connectivity index (χ1v) is 7.06. The maximum Gasteiger partial charge on any atom is 0.125 e. The Morgan fingerprint density at radius 1 is 1.28 bits per heavy atom. The monoisotopic (exact) mass is 268 g/mol. The number of halogens is 2. The van der Waals surface area contributed by atoms with Crippen LogP contribution in [-0.2, 0) is 0 Å². The first-order chi connectivity index (χ1) is 8.72. The molecule has 2 atom stereocenters. The standard InChI is InChI=1S/C14H18ClFN2/c15-13-4-3-10(16)8-14(13)17-11-5-7-18-6-1-2-12(18)9-11/h3-4,8,11-12,17H,1-2,5-7,9H2. The summed E-state index contributed by atoms with van der Waals surface area (Å²) in [5, 5.41) is 4.01. The van der Waals surface area contributed by atoms with Gasteiger partial charge in [-0.25, -0.2) is 4.39 Å². The molecule has 0 bridgehead atoms. The van der Waals surface area contributed by atoms with Crippen LogP contribution in [-0.4, -0.2) is 30.1 Å². The Bertz CT molecular complexity index is 438. The lowest BCUT2D eigenvalue weighted by Crippen LogP contribution is -2.42. The van der Waals surface area contributed by atoms with Crippen LogP contribution in [0.15, 0.2) is 18.2 Å². The second kappa shape index (κ2) is 5.06. The highest BCUT2D eigenvalue weighted by Gasteiger charge is 2.31. The Balaban J connectivity index is 1.67. The molecular weight excluding hydrogens is 251 g/mol. The molecule has 4 heteroatoms. The minimum absolute atomic E-state index is 0.236. The normalized spacial score (nSPS) is 28.1. The van der Waals surface area contributed by atoms with Gasteiger partial charge in [-0.1, -0.05) is 11.6 Å². The number of hydrogen-bond donors (Lipinski definition) is 1. The van der Waals surface area contributed by atoms with Crippen molar-refractivity contribution in [2.75, 3.05) is 18.4 Å². The molecule has 2 aliphatic heterocycles. The van der Waals surface area contributed by atoms with Gasteiger partial charge in [0.2, 0.25) is 0 Å². The molecule has 2 fully saturated rings. The molecule has 1 aromatic rings. The summed E-state index contributed by atoms with van der Waals surface area (Å²) < 4.78 is 13.2. The Labute approximate surface area is 112 Å². The molecule has 2 heterocycles. The average molecular weight is 269 g/mol. The van der Waals surface area contributed by atoms with Crippen LogP contribution >= 0.6 is 11.6 Å². The fourth-order valence-electron chi connectivity index (χ4n) is 3.18. The van der Waals surface area contributed by atoms with Gasteiger partial charge in [0.25, 0.3) is 0 Å². The maximum atomic E-state index is 13.2. The van der Waals surface area contributed by atoms with Crippen LogP contribution in [0, 0.1) is 5.82 Å². The van der Waals surface area contributed by atoms with E-state index in [0.717, 1.165) is 25.1 Å². The van der Waals surface area contributed by atoms with Crippen molar-refractivity contribution in [3.63, 3.8) is 0 Å². The number of anilines is 1. The third-order valence-corrected chi connectivity index (χ3v) is 4.44. The van der Waals surface area contributed by atoms with Crippen molar-refractivity contribution in [3.05, 3.63) is 29.0 Å². The Morgan fingerprint density at radius 2 is 2.17 bits per heavy atom. The van der Waals surface area contributed by atoms with Crippen molar-refractivity contribution in [3.8, 4) is 0 Å². The number of rotatable bonds is 2. The van der Waals surface area contributed by atoms with Crippen LogP contribution < -0.4 is 5.32 Å². The van der Waals surface area contributed by atoms with E-state index in [0.29, 0.717) is 17.1 Å². The first-order valence-electron chi connectivity index (χ1n) is 6.68. The smallest absolute Gasteiger partial charge is 0.125 e. The third-order valence-electron chi connectivity index (χ3n) is 4.11.